The van der Waals surface area contributed by atoms with Crippen LogP contribution in [0.1, 0.15) is 30.8 Å². The molecule has 0 saturated carbocycles. The molecule has 0 aliphatic carbocycles. The Morgan fingerprint density at radius 1 is 1.07 bits per heavy atom. The van der Waals surface area contributed by atoms with E-state index in [0.717, 1.165) is 24.3 Å². The van der Waals surface area contributed by atoms with E-state index in [1.54, 1.807) is 6.92 Å². The number of nitrogens with zero attached hydrogens (tertiary/aromatic N) is 1. The van der Waals surface area contributed by atoms with Crippen LogP contribution in [0.2, 0.25) is 0 Å². The number of carbonyl (C=O) groups is 1. The lowest BCUT2D eigenvalue weighted by Crippen LogP contribution is -2.27. The maximum atomic E-state index is 13.8. The topological polar surface area (TPSA) is 55.1 Å². The first kappa shape index (κ1) is 19.6. The molecule has 1 N–H and O–H groups in total. The zero-order valence-corrected chi connectivity index (χ0v) is 14.8. The minimum Gasteiger partial charge on any atom is -0.441 e. The van der Waals surface area contributed by atoms with Crippen LogP contribution in [0.4, 0.5) is 17.6 Å². The molecule has 28 heavy (non-hydrogen) atoms. The molecule has 0 saturated heterocycles. The number of rotatable bonds is 6. The van der Waals surface area contributed by atoms with Crippen molar-refractivity contribution in [3.63, 3.8) is 0 Å². The van der Waals surface area contributed by atoms with Crippen molar-refractivity contribution in [2.45, 2.75) is 25.8 Å². The Balaban J connectivity index is 1.57. The van der Waals surface area contributed by atoms with Gasteiger partial charge in [0.2, 0.25) is 5.91 Å². The van der Waals surface area contributed by atoms with Crippen LogP contribution in [0.5, 0.6) is 0 Å². The van der Waals surface area contributed by atoms with Crippen LogP contribution in [-0.2, 0) is 11.2 Å². The molecule has 1 heterocycles. The molecule has 1 aromatic heterocycles. The zero-order valence-electron chi connectivity index (χ0n) is 14.8. The molecule has 0 aliphatic rings. The Morgan fingerprint density at radius 2 is 1.86 bits per heavy atom. The predicted molar refractivity (Wildman–Crippen MR) is 93.1 cm³/mol. The van der Waals surface area contributed by atoms with Crippen molar-refractivity contribution >= 4 is 5.91 Å². The molecule has 3 aromatic rings. The number of oxazole rings is 1. The van der Waals surface area contributed by atoms with Gasteiger partial charge in [0.25, 0.3) is 0 Å². The third-order valence-corrected chi connectivity index (χ3v) is 4.14. The molecule has 0 spiro atoms. The Kier molecular flexibility index (Phi) is 5.77. The van der Waals surface area contributed by atoms with E-state index in [1.165, 1.54) is 18.3 Å². The molecule has 8 heteroatoms. The Labute approximate surface area is 158 Å². The van der Waals surface area contributed by atoms with Crippen LogP contribution < -0.4 is 5.32 Å². The Bertz CT molecular complexity index is 1000. The average molecular weight is 392 g/mol. The monoisotopic (exact) mass is 392 g/mol. The molecule has 2 aromatic carbocycles. The standard InChI is InChI=1S/C20H16F4N2O2/c1-11(12-2-5-15(22)17(24)8-12)26-19(27)6-7-20-25-10-18(28-20)14-4-3-13(21)9-16(14)23/h2-5,8-11H,6-7H2,1H3,(H,26,27). The molecule has 4 nitrogen and oxygen atoms in total. The molecule has 1 unspecified atom stereocenters. The molecule has 1 atom stereocenters. The third kappa shape index (κ3) is 4.57. The molecular weight excluding hydrogens is 376 g/mol. The van der Waals surface area contributed by atoms with Gasteiger partial charge in [-0.1, -0.05) is 6.07 Å². The van der Waals surface area contributed by atoms with Gasteiger partial charge in [-0.05, 0) is 36.8 Å². The number of hydrogen-bond acceptors (Lipinski definition) is 3. The molecule has 3 rings (SSSR count). The Hall–Kier alpha value is -3.16. The van der Waals surface area contributed by atoms with Gasteiger partial charge in [0.05, 0.1) is 17.8 Å². The van der Waals surface area contributed by atoms with Crippen molar-refractivity contribution in [3.8, 4) is 11.3 Å². The summed E-state index contributed by atoms with van der Waals surface area (Å²) in [4.78, 5) is 16.1. The largest absolute Gasteiger partial charge is 0.441 e. The number of carbonyl (C=O) groups excluding carboxylic acids is 1. The van der Waals surface area contributed by atoms with Crippen molar-refractivity contribution in [1.29, 1.82) is 0 Å². The fourth-order valence-electron chi connectivity index (χ4n) is 2.64. The second-order valence-corrected chi connectivity index (χ2v) is 6.21. The van der Waals surface area contributed by atoms with E-state index in [1.807, 2.05) is 0 Å². The summed E-state index contributed by atoms with van der Waals surface area (Å²) < 4.78 is 58.4. The summed E-state index contributed by atoms with van der Waals surface area (Å²) >= 11 is 0. The number of aryl methyl sites for hydroxylation is 1. The Morgan fingerprint density at radius 3 is 2.57 bits per heavy atom. The molecule has 0 aliphatic heterocycles. The van der Waals surface area contributed by atoms with Crippen molar-refractivity contribution in [3.05, 3.63) is 77.3 Å². The van der Waals surface area contributed by atoms with E-state index in [4.69, 9.17) is 4.42 Å². The number of amides is 1. The van der Waals surface area contributed by atoms with E-state index < -0.39 is 29.3 Å². The van der Waals surface area contributed by atoms with Gasteiger partial charge in [-0.2, -0.15) is 0 Å². The molecule has 0 bridgehead atoms. The normalized spacial score (nSPS) is 12.0. The van der Waals surface area contributed by atoms with Gasteiger partial charge in [0, 0.05) is 18.9 Å². The van der Waals surface area contributed by atoms with Crippen LogP contribution in [0, 0.1) is 23.3 Å². The maximum Gasteiger partial charge on any atom is 0.220 e. The van der Waals surface area contributed by atoms with Gasteiger partial charge in [-0.15, -0.1) is 0 Å². The predicted octanol–water partition coefficient (Wildman–Crippen LogP) is 4.71. The first-order valence-corrected chi connectivity index (χ1v) is 8.48. The van der Waals surface area contributed by atoms with Gasteiger partial charge < -0.3 is 9.73 Å². The minimum atomic E-state index is -0.987. The molecule has 0 fully saturated rings. The van der Waals surface area contributed by atoms with E-state index in [-0.39, 0.29) is 36.0 Å². The number of halogens is 4. The molecule has 146 valence electrons. The summed E-state index contributed by atoms with van der Waals surface area (Å²) in [5.41, 5.74) is 0.494. The minimum absolute atomic E-state index is 0.0276. The summed E-state index contributed by atoms with van der Waals surface area (Å²) in [6.07, 6.45) is 1.48. The summed E-state index contributed by atoms with van der Waals surface area (Å²) in [6, 6.07) is 5.98. The van der Waals surface area contributed by atoms with Gasteiger partial charge in [0.15, 0.2) is 23.3 Å². The SMILES string of the molecule is CC(NC(=O)CCc1ncc(-c2ccc(F)cc2F)o1)c1ccc(F)c(F)c1. The first-order valence-electron chi connectivity index (χ1n) is 8.48. The van der Waals surface area contributed by atoms with Crippen LogP contribution in [0.3, 0.4) is 0 Å². The van der Waals surface area contributed by atoms with Crippen LogP contribution in [0.25, 0.3) is 11.3 Å². The van der Waals surface area contributed by atoms with Gasteiger partial charge in [-0.25, -0.2) is 22.5 Å². The maximum absolute atomic E-state index is 13.8. The van der Waals surface area contributed by atoms with Crippen LogP contribution in [0.15, 0.2) is 47.0 Å². The number of aromatic nitrogens is 1. The first-order chi connectivity index (χ1) is 13.3. The fraction of sp³-hybridized carbons (Fsp3) is 0.200. The highest BCUT2D eigenvalue weighted by Crippen LogP contribution is 2.24. The highest BCUT2D eigenvalue weighted by atomic mass is 19.2. The van der Waals surface area contributed by atoms with Gasteiger partial charge >= 0.3 is 0 Å². The summed E-state index contributed by atoms with van der Waals surface area (Å²) in [5, 5.41) is 2.67. The van der Waals surface area contributed by atoms with Crippen LogP contribution >= 0.6 is 0 Å². The second-order valence-electron chi connectivity index (χ2n) is 6.21. The number of hydrogen-bond donors (Lipinski definition) is 1. The smallest absolute Gasteiger partial charge is 0.220 e. The summed E-state index contributed by atoms with van der Waals surface area (Å²) in [6.45, 7) is 1.64. The second kappa shape index (κ2) is 8.24. The van der Waals surface area contributed by atoms with E-state index in [9.17, 15) is 22.4 Å². The summed E-state index contributed by atoms with van der Waals surface area (Å²) in [7, 11) is 0. The zero-order chi connectivity index (χ0) is 20.3. The lowest BCUT2D eigenvalue weighted by atomic mass is 10.1. The summed E-state index contributed by atoms with van der Waals surface area (Å²) in [5.74, 6) is -3.42. The highest BCUT2D eigenvalue weighted by Gasteiger charge is 2.15. The average Bonchev–Trinajstić information content (AvgIpc) is 3.11. The molecular formula is C20H16F4N2O2. The van der Waals surface area contributed by atoms with E-state index >= 15 is 0 Å². The van der Waals surface area contributed by atoms with Crippen molar-refractivity contribution in [2.24, 2.45) is 0 Å². The third-order valence-electron chi connectivity index (χ3n) is 4.14. The number of nitrogens with one attached hydrogen (secondary N) is 1. The van der Waals surface area contributed by atoms with Gasteiger partial charge in [-0.3, -0.25) is 4.79 Å². The lowest BCUT2D eigenvalue weighted by Gasteiger charge is -2.14. The number of benzene rings is 2. The highest BCUT2D eigenvalue weighted by molar-refractivity contribution is 5.76. The van der Waals surface area contributed by atoms with Crippen molar-refractivity contribution in [1.82, 2.24) is 10.3 Å². The van der Waals surface area contributed by atoms with E-state index in [2.05, 4.69) is 10.3 Å². The van der Waals surface area contributed by atoms with Gasteiger partial charge in [0.1, 0.15) is 11.6 Å². The quantitative estimate of drug-likeness (QED) is 0.619. The molecule has 1 amide bonds. The van der Waals surface area contributed by atoms with Crippen molar-refractivity contribution < 1.29 is 26.8 Å². The van der Waals surface area contributed by atoms with Crippen molar-refractivity contribution in [2.75, 3.05) is 0 Å². The lowest BCUT2D eigenvalue weighted by molar-refractivity contribution is -0.121. The van der Waals surface area contributed by atoms with Crippen LogP contribution in [-0.4, -0.2) is 10.9 Å². The molecule has 0 radical (unpaired) electrons. The fourth-order valence-corrected chi connectivity index (χ4v) is 2.64. The van der Waals surface area contributed by atoms with E-state index in [0.29, 0.717) is 5.56 Å².